The average Bonchev–Trinajstić information content (AvgIpc) is 2.62. The molecule has 10 heteroatoms. The zero-order valence-electron chi connectivity index (χ0n) is 14.3. The molecule has 146 valence electrons. The fourth-order valence-corrected chi connectivity index (χ4v) is 5.92. The largest absolute Gasteiger partial charge is 0.243 e. The van der Waals surface area contributed by atoms with E-state index in [1.54, 1.807) is 6.07 Å². The van der Waals surface area contributed by atoms with Crippen molar-refractivity contribution >= 4 is 31.6 Å². The Morgan fingerprint density at radius 3 is 2.07 bits per heavy atom. The lowest BCUT2D eigenvalue weighted by Gasteiger charge is -2.33. The van der Waals surface area contributed by atoms with E-state index in [2.05, 4.69) is 0 Å². The molecule has 0 aliphatic carbocycles. The van der Waals surface area contributed by atoms with Crippen LogP contribution in [0.1, 0.15) is 5.56 Å². The summed E-state index contributed by atoms with van der Waals surface area (Å²) < 4.78 is 66.2. The van der Waals surface area contributed by atoms with E-state index < -0.39 is 25.9 Å². The molecule has 6 nitrogen and oxygen atoms in total. The van der Waals surface area contributed by atoms with Gasteiger partial charge in [-0.25, -0.2) is 21.2 Å². The van der Waals surface area contributed by atoms with E-state index in [4.69, 9.17) is 11.6 Å². The summed E-state index contributed by atoms with van der Waals surface area (Å²) in [5, 5.41) is 0.433. The molecule has 0 bridgehead atoms. The Morgan fingerprint density at radius 1 is 0.889 bits per heavy atom. The molecule has 0 spiro atoms. The summed E-state index contributed by atoms with van der Waals surface area (Å²) >= 11 is 5.79. The molecule has 0 radical (unpaired) electrons. The van der Waals surface area contributed by atoms with Crippen LogP contribution in [0.2, 0.25) is 5.02 Å². The molecule has 0 atom stereocenters. The molecule has 0 unspecified atom stereocenters. The predicted molar refractivity (Wildman–Crippen MR) is 101 cm³/mol. The van der Waals surface area contributed by atoms with Gasteiger partial charge >= 0.3 is 0 Å². The Morgan fingerprint density at radius 2 is 1.48 bits per heavy atom. The van der Waals surface area contributed by atoms with Gasteiger partial charge < -0.3 is 0 Å². The molecule has 1 fully saturated rings. The average molecular weight is 433 g/mol. The number of piperazine rings is 1. The van der Waals surface area contributed by atoms with E-state index in [1.165, 1.54) is 51.1 Å². The Bertz CT molecular complexity index is 1020. The van der Waals surface area contributed by atoms with Crippen molar-refractivity contribution in [1.82, 2.24) is 8.61 Å². The van der Waals surface area contributed by atoms with Gasteiger partial charge in [0.25, 0.3) is 0 Å². The summed E-state index contributed by atoms with van der Waals surface area (Å²) in [5.74, 6) is -0.823. The molecule has 0 N–H and O–H groups in total. The van der Waals surface area contributed by atoms with Gasteiger partial charge in [0.05, 0.1) is 10.6 Å². The van der Waals surface area contributed by atoms with Gasteiger partial charge in [0.2, 0.25) is 20.0 Å². The quantitative estimate of drug-likeness (QED) is 0.726. The number of rotatable bonds is 5. The summed E-state index contributed by atoms with van der Waals surface area (Å²) in [6.07, 6.45) is 0. The Balaban J connectivity index is 1.68. The van der Waals surface area contributed by atoms with Gasteiger partial charge in [-0.3, -0.25) is 0 Å². The molecule has 0 amide bonds. The van der Waals surface area contributed by atoms with Crippen molar-refractivity contribution in [3.63, 3.8) is 0 Å². The summed E-state index contributed by atoms with van der Waals surface area (Å²) in [6, 6.07) is 11.3. The van der Waals surface area contributed by atoms with Gasteiger partial charge in [-0.05, 0) is 42.0 Å². The minimum absolute atomic E-state index is 0.0461. The van der Waals surface area contributed by atoms with Crippen LogP contribution in [-0.2, 0) is 25.8 Å². The highest BCUT2D eigenvalue weighted by molar-refractivity contribution is 7.89. The topological polar surface area (TPSA) is 74.8 Å². The summed E-state index contributed by atoms with van der Waals surface area (Å²) in [7, 11) is -7.37. The third-order valence-corrected chi connectivity index (χ3v) is 8.30. The second-order valence-corrected chi connectivity index (χ2v) is 10.5. The monoisotopic (exact) mass is 432 g/mol. The molecule has 0 saturated carbocycles. The van der Waals surface area contributed by atoms with Gasteiger partial charge in [-0.15, -0.1) is 0 Å². The minimum atomic E-state index is -3.71. The maximum absolute atomic E-state index is 13.3. The number of hydrogen-bond donors (Lipinski definition) is 0. The van der Waals surface area contributed by atoms with Gasteiger partial charge in [0.1, 0.15) is 5.82 Å². The molecule has 1 saturated heterocycles. The summed E-state index contributed by atoms with van der Waals surface area (Å²) in [4.78, 5) is 0.114. The van der Waals surface area contributed by atoms with E-state index >= 15 is 0 Å². The third kappa shape index (κ3) is 4.67. The van der Waals surface area contributed by atoms with E-state index in [0.717, 1.165) is 0 Å². The van der Waals surface area contributed by atoms with Crippen LogP contribution in [0.25, 0.3) is 0 Å². The highest BCUT2D eigenvalue weighted by Crippen LogP contribution is 2.21. The maximum atomic E-state index is 13.3. The first-order valence-electron chi connectivity index (χ1n) is 8.16. The number of nitrogens with zero attached hydrogens (tertiary/aromatic N) is 2. The second kappa shape index (κ2) is 7.84. The van der Waals surface area contributed by atoms with Gasteiger partial charge in [-0.2, -0.15) is 8.61 Å². The van der Waals surface area contributed by atoms with Crippen molar-refractivity contribution in [2.24, 2.45) is 0 Å². The number of halogens is 2. The normalized spacial score (nSPS) is 17.1. The fraction of sp³-hybridized carbons (Fsp3) is 0.294. The smallest absolute Gasteiger partial charge is 0.212 e. The van der Waals surface area contributed by atoms with Crippen molar-refractivity contribution < 1.29 is 21.2 Å². The lowest BCUT2D eigenvalue weighted by Crippen LogP contribution is -2.50. The lowest BCUT2D eigenvalue weighted by atomic mass is 10.2. The number of sulfonamides is 2. The first kappa shape index (κ1) is 20.2. The summed E-state index contributed by atoms with van der Waals surface area (Å²) in [6.45, 7) is 0.190. The molecule has 3 rings (SSSR count). The maximum Gasteiger partial charge on any atom is 0.243 e. The van der Waals surface area contributed by atoms with E-state index in [9.17, 15) is 21.2 Å². The lowest BCUT2D eigenvalue weighted by molar-refractivity contribution is 0.272. The van der Waals surface area contributed by atoms with Crippen molar-refractivity contribution in [1.29, 1.82) is 0 Å². The van der Waals surface area contributed by atoms with E-state index in [0.29, 0.717) is 10.6 Å². The summed E-state index contributed by atoms with van der Waals surface area (Å²) in [5.41, 5.74) is 0.353. The highest BCUT2D eigenvalue weighted by atomic mass is 35.5. The van der Waals surface area contributed by atoms with Crippen molar-refractivity contribution in [2.75, 3.05) is 26.2 Å². The van der Waals surface area contributed by atoms with E-state index in [1.807, 2.05) is 0 Å². The third-order valence-electron chi connectivity index (χ3n) is 4.28. The zero-order valence-corrected chi connectivity index (χ0v) is 16.6. The van der Waals surface area contributed by atoms with Crippen LogP contribution in [0.5, 0.6) is 0 Å². The van der Waals surface area contributed by atoms with Gasteiger partial charge in [-0.1, -0.05) is 23.7 Å². The highest BCUT2D eigenvalue weighted by Gasteiger charge is 2.33. The second-order valence-electron chi connectivity index (χ2n) is 6.14. The van der Waals surface area contributed by atoms with Crippen LogP contribution in [0.3, 0.4) is 0 Å². The molecule has 2 aromatic carbocycles. The van der Waals surface area contributed by atoms with E-state index in [-0.39, 0.29) is 36.8 Å². The molecule has 0 aromatic heterocycles. The molecular weight excluding hydrogens is 415 g/mol. The Hall–Kier alpha value is -1.52. The SMILES string of the molecule is O=S(=O)(Cc1cccc(F)c1)N1CCN(S(=O)(=O)c2ccc(Cl)cc2)CC1. The first-order chi connectivity index (χ1) is 12.7. The standard InChI is InChI=1S/C17H18ClFN2O4S2/c18-15-4-6-17(7-5-15)27(24,25)21-10-8-20(9-11-21)26(22,23)13-14-2-1-3-16(19)12-14/h1-7,12H,8-11,13H2. The Labute approximate surface area is 163 Å². The van der Waals surface area contributed by atoms with Crippen molar-refractivity contribution in [3.05, 3.63) is 64.9 Å². The van der Waals surface area contributed by atoms with Crippen molar-refractivity contribution in [2.45, 2.75) is 10.6 Å². The molecule has 1 aliphatic rings. The molecular formula is C17H18ClFN2O4S2. The molecule has 2 aromatic rings. The van der Waals surface area contributed by atoms with Crippen LogP contribution < -0.4 is 0 Å². The minimum Gasteiger partial charge on any atom is -0.212 e. The van der Waals surface area contributed by atoms with Crippen LogP contribution >= 0.6 is 11.6 Å². The Kier molecular flexibility index (Phi) is 5.87. The fourth-order valence-electron chi connectivity index (χ4n) is 2.87. The van der Waals surface area contributed by atoms with Gasteiger partial charge in [0, 0.05) is 31.2 Å². The predicted octanol–water partition coefficient (Wildman–Crippen LogP) is 2.32. The first-order valence-corrected chi connectivity index (χ1v) is 11.6. The van der Waals surface area contributed by atoms with Crippen LogP contribution in [0.15, 0.2) is 53.4 Å². The van der Waals surface area contributed by atoms with Crippen LogP contribution in [-0.4, -0.2) is 51.6 Å². The molecule has 1 heterocycles. The molecule has 1 aliphatic heterocycles. The van der Waals surface area contributed by atoms with Gasteiger partial charge in [0.15, 0.2) is 0 Å². The van der Waals surface area contributed by atoms with Crippen molar-refractivity contribution in [3.8, 4) is 0 Å². The number of benzene rings is 2. The van der Waals surface area contributed by atoms with Crippen LogP contribution in [0.4, 0.5) is 4.39 Å². The number of hydrogen-bond acceptors (Lipinski definition) is 4. The zero-order chi connectivity index (χ0) is 19.7. The van der Waals surface area contributed by atoms with Crippen LogP contribution in [0, 0.1) is 5.82 Å². The molecule has 27 heavy (non-hydrogen) atoms.